The lowest BCUT2D eigenvalue weighted by atomic mass is 9.86. The quantitative estimate of drug-likeness (QED) is 0.255. The summed E-state index contributed by atoms with van der Waals surface area (Å²) in [6.07, 6.45) is 0. The van der Waals surface area contributed by atoms with Crippen molar-refractivity contribution in [1.82, 2.24) is 0 Å². The highest BCUT2D eigenvalue weighted by atomic mass is 32.2. The zero-order valence-corrected chi connectivity index (χ0v) is 22.2. The number of rotatable bonds is 3. The van der Waals surface area contributed by atoms with Crippen LogP contribution in [0.5, 0.6) is 11.5 Å². The second kappa shape index (κ2) is 8.80. The van der Waals surface area contributed by atoms with E-state index in [1.165, 1.54) is 11.1 Å². The molecule has 1 aliphatic heterocycles. The molecule has 0 aromatic heterocycles. The molecular weight excluding hydrogens is 446 g/mol. The Morgan fingerprint density at radius 2 is 1.03 bits per heavy atom. The van der Waals surface area contributed by atoms with Gasteiger partial charge in [0.1, 0.15) is 11.5 Å². The molecule has 0 aliphatic carbocycles. The average molecular weight is 480 g/mol. The predicted octanol–water partition coefficient (Wildman–Crippen LogP) is 10.0. The summed E-state index contributed by atoms with van der Waals surface area (Å²) in [5.74, 6) is 1.81. The summed E-state index contributed by atoms with van der Waals surface area (Å²) in [5.41, 5.74) is 6.22. The summed E-state index contributed by atoms with van der Waals surface area (Å²) in [6.45, 7) is 13.5. The fourth-order valence-electron chi connectivity index (χ4n) is 4.32. The zero-order valence-electron chi connectivity index (χ0n) is 21.4. The molecule has 4 aromatic carbocycles. The van der Waals surface area contributed by atoms with Crippen LogP contribution in [0.15, 0.2) is 101 Å². The number of ether oxygens (including phenoxy) is 1. The lowest BCUT2D eigenvalue weighted by Gasteiger charge is -2.29. The maximum Gasteiger partial charge on any atom is 0.143 e. The van der Waals surface area contributed by atoms with E-state index >= 15 is 0 Å². The summed E-state index contributed by atoms with van der Waals surface area (Å²) in [4.78, 5) is 4.60. The summed E-state index contributed by atoms with van der Waals surface area (Å²) in [7, 11) is 0. The Hall–Kier alpha value is -3.17. The molecule has 0 unspecified atom stereocenters. The van der Waals surface area contributed by atoms with E-state index in [1.807, 2.05) is 12.1 Å². The largest absolute Gasteiger partial charge is 0.455 e. The standard InChI is InChI=1S/C32H33NOS/c1-31(2,3)22-11-15-24(16-12-22)33(25-17-13-23(14-18-25)32(4,5)6)26-19-20-30-28(21-26)34-27-9-7-8-10-29(27)35-30/h7-21H,1-6H3. The smallest absolute Gasteiger partial charge is 0.143 e. The number of hydrogen-bond acceptors (Lipinski definition) is 3. The molecule has 0 saturated heterocycles. The molecule has 0 spiro atoms. The van der Waals surface area contributed by atoms with Crippen LogP contribution in [0.2, 0.25) is 0 Å². The van der Waals surface area contributed by atoms with Crippen LogP contribution in [-0.4, -0.2) is 0 Å². The van der Waals surface area contributed by atoms with Gasteiger partial charge in [-0.05, 0) is 70.5 Å². The summed E-state index contributed by atoms with van der Waals surface area (Å²) in [5, 5.41) is 0. The number of benzene rings is 4. The first-order chi connectivity index (χ1) is 16.6. The van der Waals surface area contributed by atoms with Crippen molar-refractivity contribution in [1.29, 1.82) is 0 Å². The Labute approximate surface area is 214 Å². The predicted molar refractivity (Wildman–Crippen MR) is 149 cm³/mol. The van der Waals surface area contributed by atoms with Gasteiger partial charge in [0.2, 0.25) is 0 Å². The van der Waals surface area contributed by atoms with Gasteiger partial charge in [0.25, 0.3) is 0 Å². The minimum Gasteiger partial charge on any atom is -0.455 e. The van der Waals surface area contributed by atoms with Crippen molar-refractivity contribution in [2.24, 2.45) is 0 Å². The third-order valence-electron chi connectivity index (χ3n) is 6.46. The van der Waals surface area contributed by atoms with Crippen molar-refractivity contribution in [3.05, 3.63) is 102 Å². The van der Waals surface area contributed by atoms with Gasteiger partial charge in [0.05, 0.1) is 9.79 Å². The SMILES string of the molecule is CC(C)(C)c1ccc(N(c2ccc(C(C)(C)C)cc2)c2ccc3c(c2)Oc2ccccc2S3)cc1. The highest BCUT2D eigenvalue weighted by molar-refractivity contribution is 7.99. The third-order valence-corrected chi connectivity index (χ3v) is 7.57. The van der Waals surface area contributed by atoms with E-state index in [9.17, 15) is 0 Å². The molecule has 178 valence electrons. The van der Waals surface area contributed by atoms with Crippen molar-refractivity contribution < 1.29 is 4.74 Å². The van der Waals surface area contributed by atoms with Crippen LogP contribution in [0.3, 0.4) is 0 Å². The first kappa shape index (κ1) is 23.6. The normalized spacial score (nSPS) is 13.0. The van der Waals surface area contributed by atoms with Gasteiger partial charge in [-0.25, -0.2) is 0 Å². The summed E-state index contributed by atoms with van der Waals surface area (Å²) in [6, 6.07) is 32.6. The molecule has 0 N–H and O–H groups in total. The molecule has 0 atom stereocenters. The van der Waals surface area contributed by atoms with Crippen molar-refractivity contribution in [3.8, 4) is 11.5 Å². The van der Waals surface area contributed by atoms with Gasteiger partial charge in [0.15, 0.2) is 0 Å². The monoisotopic (exact) mass is 479 g/mol. The molecule has 2 nitrogen and oxygen atoms in total. The fourth-order valence-corrected chi connectivity index (χ4v) is 5.25. The van der Waals surface area contributed by atoms with E-state index in [1.54, 1.807) is 11.8 Å². The molecule has 0 radical (unpaired) electrons. The molecule has 0 fully saturated rings. The Morgan fingerprint density at radius 3 is 1.57 bits per heavy atom. The van der Waals surface area contributed by atoms with Gasteiger partial charge in [-0.3, -0.25) is 0 Å². The van der Waals surface area contributed by atoms with Crippen LogP contribution in [0.25, 0.3) is 0 Å². The van der Waals surface area contributed by atoms with E-state index < -0.39 is 0 Å². The maximum absolute atomic E-state index is 6.32. The summed E-state index contributed by atoms with van der Waals surface area (Å²) >= 11 is 1.76. The second-order valence-electron chi connectivity index (χ2n) is 11.2. The van der Waals surface area contributed by atoms with Crippen LogP contribution in [-0.2, 0) is 10.8 Å². The highest BCUT2D eigenvalue weighted by Gasteiger charge is 2.22. The Bertz CT molecular complexity index is 1280. The van der Waals surface area contributed by atoms with Crippen LogP contribution in [0, 0.1) is 0 Å². The topological polar surface area (TPSA) is 12.5 Å². The molecule has 1 heterocycles. The molecule has 3 heteroatoms. The van der Waals surface area contributed by atoms with Gasteiger partial charge < -0.3 is 9.64 Å². The van der Waals surface area contributed by atoms with E-state index in [0.29, 0.717) is 0 Å². The van der Waals surface area contributed by atoms with Crippen molar-refractivity contribution in [2.45, 2.75) is 62.2 Å². The van der Waals surface area contributed by atoms with Crippen LogP contribution in [0.1, 0.15) is 52.7 Å². The number of hydrogen-bond donors (Lipinski definition) is 0. The van der Waals surface area contributed by atoms with Crippen LogP contribution >= 0.6 is 11.8 Å². The fraction of sp³-hybridized carbons (Fsp3) is 0.250. The average Bonchev–Trinajstić information content (AvgIpc) is 2.82. The van der Waals surface area contributed by atoms with Gasteiger partial charge in [-0.15, -0.1) is 0 Å². The zero-order chi connectivity index (χ0) is 24.8. The van der Waals surface area contributed by atoms with Crippen LogP contribution in [0.4, 0.5) is 17.1 Å². The Kier molecular flexibility index (Phi) is 5.93. The van der Waals surface area contributed by atoms with Gasteiger partial charge in [-0.2, -0.15) is 0 Å². The Balaban J connectivity index is 1.58. The van der Waals surface area contributed by atoms with Gasteiger partial charge in [-0.1, -0.05) is 89.7 Å². The molecule has 0 amide bonds. The second-order valence-corrected chi connectivity index (χ2v) is 12.3. The van der Waals surface area contributed by atoms with Crippen molar-refractivity contribution in [3.63, 3.8) is 0 Å². The third kappa shape index (κ3) is 4.83. The highest BCUT2D eigenvalue weighted by Crippen LogP contribution is 2.49. The molecule has 0 saturated carbocycles. The lowest BCUT2D eigenvalue weighted by molar-refractivity contribution is 0.455. The van der Waals surface area contributed by atoms with Gasteiger partial charge >= 0.3 is 0 Å². The number of anilines is 3. The van der Waals surface area contributed by atoms with Gasteiger partial charge in [0, 0.05) is 23.1 Å². The molecule has 1 aliphatic rings. The Morgan fingerprint density at radius 1 is 0.543 bits per heavy atom. The maximum atomic E-state index is 6.32. The first-order valence-electron chi connectivity index (χ1n) is 12.2. The number of nitrogens with zero attached hydrogens (tertiary/aromatic N) is 1. The van der Waals surface area contributed by atoms with E-state index in [4.69, 9.17) is 4.74 Å². The summed E-state index contributed by atoms with van der Waals surface area (Å²) < 4.78 is 6.32. The molecule has 35 heavy (non-hydrogen) atoms. The first-order valence-corrected chi connectivity index (χ1v) is 13.0. The molecule has 5 rings (SSSR count). The van der Waals surface area contributed by atoms with E-state index in [-0.39, 0.29) is 10.8 Å². The minimum absolute atomic E-state index is 0.113. The van der Waals surface area contributed by atoms with Crippen molar-refractivity contribution in [2.75, 3.05) is 4.90 Å². The van der Waals surface area contributed by atoms with Crippen molar-refractivity contribution >= 4 is 28.8 Å². The molecular formula is C32H33NOS. The van der Waals surface area contributed by atoms with Crippen LogP contribution < -0.4 is 9.64 Å². The van der Waals surface area contributed by atoms with E-state index in [0.717, 1.165) is 38.4 Å². The number of fused-ring (bicyclic) bond motifs is 2. The number of para-hydroxylation sites is 1. The minimum atomic E-state index is 0.113. The molecule has 0 bridgehead atoms. The molecule has 4 aromatic rings. The van der Waals surface area contributed by atoms with E-state index in [2.05, 4.69) is 125 Å². The lowest BCUT2D eigenvalue weighted by Crippen LogP contribution is -2.14.